The number of sulfone groups is 1. The summed E-state index contributed by atoms with van der Waals surface area (Å²) in [7, 11) is -1.94. The molecule has 0 aliphatic carbocycles. The zero-order valence-electron chi connectivity index (χ0n) is 14.5. The molecule has 1 aliphatic heterocycles. The van der Waals surface area contributed by atoms with Gasteiger partial charge in [0.05, 0.1) is 35.1 Å². The maximum absolute atomic E-state index is 12.8. The Hall–Kier alpha value is -1.25. The fourth-order valence-electron chi connectivity index (χ4n) is 3.34. The molecule has 1 aromatic carbocycles. The van der Waals surface area contributed by atoms with Gasteiger partial charge < -0.3 is 20.3 Å². The summed E-state index contributed by atoms with van der Waals surface area (Å²) in [5.74, 6) is -0.424. The molecule has 0 aromatic heterocycles. The monoisotopic (exact) mass is 369 g/mol. The minimum Gasteiger partial charge on any atom is -0.392 e. The van der Waals surface area contributed by atoms with Crippen molar-refractivity contribution in [1.82, 2.24) is 0 Å². The van der Waals surface area contributed by atoms with Crippen molar-refractivity contribution < 1.29 is 23.0 Å². The van der Waals surface area contributed by atoms with Crippen LogP contribution in [-0.2, 0) is 19.3 Å². The van der Waals surface area contributed by atoms with Crippen LogP contribution in [0, 0.1) is 5.92 Å². The van der Waals surface area contributed by atoms with Gasteiger partial charge in [0, 0.05) is 26.0 Å². The molecule has 1 aromatic rings. The lowest BCUT2D eigenvalue weighted by Crippen LogP contribution is -2.37. The normalized spacial score (nSPS) is 28.0. The Morgan fingerprint density at radius 3 is 2.60 bits per heavy atom. The molecule has 0 bridgehead atoms. The van der Waals surface area contributed by atoms with Crippen LogP contribution in [0.15, 0.2) is 47.9 Å². The lowest BCUT2D eigenvalue weighted by molar-refractivity contribution is -0.0294. The van der Waals surface area contributed by atoms with Crippen molar-refractivity contribution in [1.29, 1.82) is 0 Å². The summed E-state index contributed by atoms with van der Waals surface area (Å²) in [6, 6.07) is 8.36. The zero-order valence-corrected chi connectivity index (χ0v) is 15.3. The molecular weight excluding hydrogens is 342 g/mol. The molecule has 0 unspecified atom stereocenters. The van der Waals surface area contributed by atoms with E-state index in [0.29, 0.717) is 12.8 Å². The van der Waals surface area contributed by atoms with Gasteiger partial charge >= 0.3 is 0 Å². The van der Waals surface area contributed by atoms with Crippen molar-refractivity contribution in [3.05, 3.63) is 43.0 Å². The van der Waals surface area contributed by atoms with E-state index in [1.54, 1.807) is 36.4 Å². The molecule has 7 heteroatoms. The Labute approximate surface area is 149 Å². The number of nitrogens with two attached hydrogens (primary N) is 1. The highest BCUT2D eigenvalue weighted by Crippen LogP contribution is 2.35. The van der Waals surface area contributed by atoms with Crippen molar-refractivity contribution in [2.24, 2.45) is 11.7 Å². The second-order valence-corrected chi connectivity index (χ2v) is 8.36. The molecule has 25 heavy (non-hydrogen) atoms. The van der Waals surface area contributed by atoms with Gasteiger partial charge in [-0.2, -0.15) is 0 Å². The summed E-state index contributed by atoms with van der Waals surface area (Å²) >= 11 is 0. The first-order valence-electron chi connectivity index (χ1n) is 8.38. The lowest BCUT2D eigenvalue weighted by Gasteiger charge is -2.23. The lowest BCUT2D eigenvalue weighted by atomic mass is 9.94. The van der Waals surface area contributed by atoms with Gasteiger partial charge in [0.1, 0.15) is 0 Å². The summed E-state index contributed by atoms with van der Waals surface area (Å²) < 4.78 is 37.1. The highest BCUT2D eigenvalue weighted by molar-refractivity contribution is 7.91. The molecule has 1 saturated heterocycles. The number of benzene rings is 1. The van der Waals surface area contributed by atoms with Crippen LogP contribution in [0.4, 0.5) is 0 Å². The average Bonchev–Trinajstić information content (AvgIpc) is 2.91. The Morgan fingerprint density at radius 1 is 1.36 bits per heavy atom. The quantitative estimate of drug-likeness (QED) is 0.634. The largest absolute Gasteiger partial charge is 0.392 e. The van der Waals surface area contributed by atoms with Crippen LogP contribution in [0.2, 0.25) is 0 Å². The third-order valence-electron chi connectivity index (χ3n) is 4.58. The van der Waals surface area contributed by atoms with Gasteiger partial charge in [0.25, 0.3) is 0 Å². The first kappa shape index (κ1) is 20.1. The first-order chi connectivity index (χ1) is 11.9. The van der Waals surface area contributed by atoms with E-state index in [1.165, 1.54) is 7.11 Å². The molecule has 0 spiro atoms. The minimum atomic E-state index is -3.48. The number of hydrogen-bond donors (Lipinski definition) is 2. The van der Waals surface area contributed by atoms with E-state index in [4.69, 9.17) is 15.2 Å². The molecule has 6 nitrogen and oxygen atoms in total. The molecular formula is C18H27NO5S. The number of aliphatic hydroxyl groups excluding tert-OH is 1. The standard InChI is InChI=1S/C18H27NO5S/c1-3-7-16-15(12-25(21,22)14-8-5-4-6-9-14)18(23-2)17(24-16)10-13(20)11-19/h3-6,8-9,13,15-18,20H,1,7,10-12,19H2,2H3/t13-,15-,16-,17+,18+/m0/s1. The van der Waals surface area contributed by atoms with Crippen molar-refractivity contribution >= 4 is 9.84 Å². The Kier molecular flexibility index (Phi) is 7.15. The van der Waals surface area contributed by atoms with Crippen LogP contribution in [0.5, 0.6) is 0 Å². The summed E-state index contributed by atoms with van der Waals surface area (Å²) in [5.41, 5.74) is 5.48. The van der Waals surface area contributed by atoms with Gasteiger partial charge in [-0.1, -0.05) is 24.3 Å². The van der Waals surface area contributed by atoms with E-state index in [2.05, 4.69) is 6.58 Å². The number of rotatable bonds is 9. The Bertz CT molecular complexity index is 649. The average molecular weight is 369 g/mol. The molecule has 1 heterocycles. The number of aliphatic hydroxyl groups is 1. The fraction of sp³-hybridized carbons (Fsp3) is 0.556. The minimum absolute atomic E-state index is 0.0801. The molecule has 0 amide bonds. The Morgan fingerprint density at radius 2 is 2.04 bits per heavy atom. The molecule has 140 valence electrons. The third kappa shape index (κ3) is 4.89. The van der Waals surface area contributed by atoms with Gasteiger partial charge in [-0.3, -0.25) is 0 Å². The first-order valence-corrected chi connectivity index (χ1v) is 10.0. The van der Waals surface area contributed by atoms with Gasteiger partial charge in [-0.25, -0.2) is 8.42 Å². The van der Waals surface area contributed by atoms with Gasteiger partial charge in [0.2, 0.25) is 0 Å². The summed E-state index contributed by atoms with van der Waals surface area (Å²) in [6.45, 7) is 3.85. The van der Waals surface area contributed by atoms with E-state index in [1.807, 2.05) is 0 Å². The van der Waals surface area contributed by atoms with Crippen LogP contribution in [0.3, 0.4) is 0 Å². The van der Waals surface area contributed by atoms with E-state index < -0.39 is 28.1 Å². The van der Waals surface area contributed by atoms with Crippen molar-refractivity contribution in [3.8, 4) is 0 Å². The number of ether oxygens (including phenoxy) is 2. The van der Waals surface area contributed by atoms with Gasteiger partial charge in [0.15, 0.2) is 9.84 Å². The van der Waals surface area contributed by atoms with Crippen LogP contribution in [0.1, 0.15) is 12.8 Å². The van der Waals surface area contributed by atoms with Gasteiger partial charge in [-0.15, -0.1) is 6.58 Å². The fourth-order valence-corrected chi connectivity index (χ4v) is 5.02. The molecule has 1 fully saturated rings. The van der Waals surface area contributed by atoms with Crippen LogP contribution >= 0.6 is 0 Å². The Balaban J connectivity index is 2.23. The molecule has 0 saturated carbocycles. The van der Waals surface area contributed by atoms with E-state index in [-0.39, 0.29) is 29.2 Å². The van der Waals surface area contributed by atoms with Crippen LogP contribution < -0.4 is 5.73 Å². The van der Waals surface area contributed by atoms with Crippen LogP contribution in [0.25, 0.3) is 0 Å². The van der Waals surface area contributed by atoms with Crippen molar-refractivity contribution in [2.45, 2.75) is 42.2 Å². The maximum atomic E-state index is 12.8. The van der Waals surface area contributed by atoms with E-state index in [0.717, 1.165) is 0 Å². The predicted octanol–water partition coefficient (Wildman–Crippen LogP) is 1.14. The SMILES string of the molecule is C=CC[C@@H]1O[C@H](C[C@H](O)CN)[C@H](OC)[C@H]1CS(=O)(=O)c1ccccc1. The zero-order chi connectivity index (χ0) is 18.4. The second kappa shape index (κ2) is 8.91. The maximum Gasteiger partial charge on any atom is 0.178 e. The molecule has 3 N–H and O–H groups in total. The molecule has 5 atom stereocenters. The summed E-state index contributed by atoms with van der Waals surface area (Å²) in [5, 5.41) is 9.85. The van der Waals surface area contributed by atoms with Crippen molar-refractivity contribution in [3.63, 3.8) is 0 Å². The highest BCUT2D eigenvalue weighted by Gasteiger charge is 2.46. The van der Waals surface area contributed by atoms with E-state index in [9.17, 15) is 13.5 Å². The van der Waals surface area contributed by atoms with Crippen LogP contribution in [-0.4, -0.2) is 57.3 Å². The summed E-state index contributed by atoms with van der Waals surface area (Å²) in [4.78, 5) is 0.285. The number of methoxy groups -OCH3 is 1. The van der Waals surface area contributed by atoms with Gasteiger partial charge in [-0.05, 0) is 18.6 Å². The third-order valence-corrected chi connectivity index (χ3v) is 6.39. The summed E-state index contributed by atoms with van der Waals surface area (Å²) in [6.07, 6.45) is 0.678. The molecule has 1 aliphatic rings. The smallest absolute Gasteiger partial charge is 0.178 e. The second-order valence-electron chi connectivity index (χ2n) is 6.32. The van der Waals surface area contributed by atoms with E-state index >= 15 is 0 Å². The predicted molar refractivity (Wildman–Crippen MR) is 95.9 cm³/mol. The molecule has 0 radical (unpaired) electrons. The topological polar surface area (TPSA) is 98.8 Å². The number of hydrogen-bond acceptors (Lipinski definition) is 6. The molecule has 2 rings (SSSR count). The van der Waals surface area contributed by atoms with Crippen molar-refractivity contribution in [2.75, 3.05) is 19.4 Å². The highest BCUT2D eigenvalue weighted by atomic mass is 32.2.